The summed E-state index contributed by atoms with van der Waals surface area (Å²) in [7, 11) is 0. The van der Waals surface area contributed by atoms with E-state index in [1.54, 1.807) is 0 Å². The molecule has 0 atom stereocenters. The Morgan fingerprint density at radius 2 is 1.78 bits per heavy atom. The minimum atomic E-state index is -0.288. The van der Waals surface area contributed by atoms with Crippen molar-refractivity contribution in [2.75, 3.05) is 6.61 Å². The van der Waals surface area contributed by atoms with Crippen LogP contribution in [-0.2, 0) is 4.79 Å². The lowest BCUT2D eigenvalue weighted by atomic mass is 10.0. The highest BCUT2D eigenvalue weighted by atomic mass is 35.5. The van der Waals surface area contributed by atoms with E-state index in [9.17, 15) is 4.79 Å². The van der Waals surface area contributed by atoms with Crippen LogP contribution in [0.4, 0.5) is 0 Å². The fourth-order valence-electron chi connectivity index (χ4n) is 2.74. The molecule has 2 aromatic rings. The smallest absolute Gasteiger partial charge is 0.277 e. The second-order valence-corrected chi connectivity index (χ2v) is 6.95. The third-order valence-corrected chi connectivity index (χ3v) is 4.82. The molecule has 0 heterocycles. The molecule has 2 aromatic carbocycles. The van der Waals surface area contributed by atoms with Crippen LogP contribution in [0.2, 0.25) is 5.02 Å². The van der Waals surface area contributed by atoms with Gasteiger partial charge in [-0.3, -0.25) is 4.79 Å². The molecular weight excluding hydrogens is 360 g/mol. The monoisotopic (exact) mass is 386 g/mol. The van der Waals surface area contributed by atoms with Crippen LogP contribution in [-0.4, -0.2) is 18.2 Å². The average Bonchev–Trinajstić information content (AvgIpc) is 2.67. The largest absolute Gasteiger partial charge is 0.484 e. The molecule has 0 spiro atoms. The van der Waals surface area contributed by atoms with E-state index in [-0.39, 0.29) is 12.5 Å². The molecule has 5 heteroatoms. The Balaban J connectivity index is 1.97. The normalized spacial score (nSPS) is 11.3. The van der Waals surface area contributed by atoms with Crippen LogP contribution in [0.5, 0.6) is 5.75 Å². The summed E-state index contributed by atoms with van der Waals surface area (Å²) in [6, 6.07) is 13.6. The van der Waals surface area contributed by atoms with Gasteiger partial charge in [0.15, 0.2) is 6.61 Å². The molecule has 144 valence electrons. The zero-order chi connectivity index (χ0) is 19.6. The fraction of sp³-hybridized carbons (Fsp3) is 0.364. The van der Waals surface area contributed by atoms with Gasteiger partial charge in [-0.25, -0.2) is 5.43 Å². The van der Waals surface area contributed by atoms with Gasteiger partial charge in [0.1, 0.15) is 5.75 Å². The van der Waals surface area contributed by atoms with E-state index in [2.05, 4.69) is 17.5 Å². The number of hydrazone groups is 1. The molecule has 0 bridgehead atoms. The molecular formula is C22H27ClN2O2. The van der Waals surface area contributed by atoms with E-state index in [1.807, 2.05) is 56.3 Å². The number of carbonyl (C=O) groups is 1. The summed E-state index contributed by atoms with van der Waals surface area (Å²) >= 11 is 6.15. The van der Waals surface area contributed by atoms with Gasteiger partial charge in [-0.05, 0) is 55.5 Å². The highest BCUT2D eigenvalue weighted by molar-refractivity contribution is 6.32. The Kier molecular flexibility index (Phi) is 8.34. The molecule has 0 saturated heterocycles. The van der Waals surface area contributed by atoms with Crippen LogP contribution >= 0.6 is 11.6 Å². The van der Waals surface area contributed by atoms with E-state index in [4.69, 9.17) is 16.3 Å². The lowest BCUT2D eigenvalue weighted by Gasteiger charge is -2.10. The van der Waals surface area contributed by atoms with Crippen molar-refractivity contribution < 1.29 is 9.53 Å². The molecule has 4 nitrogen and oxygen atoms in total. The van der Waals surface area contributed by atoms with Crippen molar-refractivity contribution in [3.05, 3.63) is 64.2 Å². The van der Waals surface area contributed by atoms with Gasteiger partial charge in [0, 0.05) is 5.02 Å². The number of rotatable bonds is 9. The van der Waals surface area contributed by atoms with Gasteiger partial charge in [-0.1, -0.05) is 61.7 Å². The van der Waals surface area contributed by atoms with E-state index >= 15 is 0 Å². The van der Waals surface area contributed by atoms with Crippen molar-refractivity contribution in [1.82, 2.24) is 5.43 Å². The number of unbranched alkanes of at least 4 members (excludes halogenated alkanes) is 2. The van der Waals surface area contributed by atoms with Gasteiger partial charge in [0.05, 0.1) is 5.71 Å². The van der Waals surface area contributed by atoms with E-state index in [0.717, 1.165) is 53.1 Å². The fourth-order valence-corrected chi connectivity index (χ4v) is 2.85. The number of aryl methyl sites for hydroxylation is 2. The minimum absolute atomic E-state index is 0.0962. The highest BCUT2D eigenvalue weighted by Gasteiger charge is 2.08. The number of benzene rings is 2. The molecule has 1 amide bonds. The summed E-state index contributed by atoms with van der Waals surface area (Å²) in [5.74, 6) is 0.337. The van der Waals surface area contributed by atoms with Crippen molar-refractivity contribution in [2.24, 2.45) is 5.10 Å². The number of ether oxygens (including phenoxy) is 1. The maximum Gasteiger partial charge on any atom is 0.277 e. The first-order chi connectivity index (χ1) is 13.0. The number of amides is 1. The molecule has 2 rings (SSSR count). The van der Waals surface area contributed by atoms with E-state index < -0.39 is 0 Å². The Bertz CT molecular complexity index is 765. The van der Waals surface area contributed by atoms with E-state index in [0.29, 0.717) is 5.75 Å². The second-order valence-electron chi connectivity index (χ2n) is 6.58. The number of hydrogen-bond acceptors (Lipinski definition) is 3. The molecule has 0 aromatic heterocycles. The van der Waals surface area contributed by atoms with Crippen LogP contribution in [0.3, 0.4) is 0 Å². The summed E-state index contributed by atoms with van der Waals surface area (Å²) in [5.41, 5.74) is 6.38. The van der Waals surface area contributed by atoms with Crippen LogP contribution in [0, 0.1) is 13.8 Å². The lowest BCUT2D eigenvalue weighted by Crippen LogP contribution is -2.26. The zero-order valence-electron chi connectivity index (χ0n) is 16.2. The number of nitrogens with one attached hydrogen (secondary N) is 1. The van der Waals surface area contributed by atoms with Crippen LogP contribution in [0.25, 0.3) is 0 Å². The molecule has 0 aliphatic carbocycles. The molecule has 0 aliphatic rings. The molecule has 0 radical (unpaired) electrons. The maximum atomic E-state index is 12.1. The lowest BCUT2D eigenvalue weighted by molar-refractivity contribution is -0.123. The molecule has 1 N–H and O–H groups in total. The SMILES string of the molecule is CCCCC/C(=N\NC(=O)COc1cc(C)c(Cl)c(C)c1)c1ccccc1. The molecule has 0 saturated carbocycles. The van der Waals surface area contributed by atoms with Gasteiger partial charge >= 0.3 is 0 Å². The molecule has 0 fully saturated rings. The Morgan fingerprint density at radius 3 is 2.41 bits per heavy atom. The van der Waals surface area contributed by atoms with Crippen molar-refractivity contribution in [3.63, 3.8) is 0 Å². The number of hydrogen-bond donors (Lipinski definition) is 1. The minimum Gasteiger partial charge on any atom is -0.484 e. The number of carbonyl (C=O) groups excluding carboxylic acids is 1. The van der Waals surface area contributed by atoms with Gasteiger partial charge in [-0.15, -0.1) is 0 Å². The van der Waals surface area contributed by atoms with Crippen molar-refractivity contribution >= 4 is 23.2 Å². The predicted octanol–water partition coefficient (Wildman–Crippen LogP) is 5.44. The summed E-state index contributed by atoms with van der Waals surface area (Å²) in [6.07, 6.45) is 4.15. The standard InChI is InChI=1S/C22H27ClN2O2/c1-4-5-7-12-20(18-10-8-6-9-11-18)24-25-21(26)15-27-19-13-16(2)22(23)17(3)14-19/h6,8-11,13-14H,4-5,7,12,15H2,1-3H3,(H,25,26)/b24-20+. The first-order valence-electron chi connectivity index (χ1n) is 9.31. The highest BCUT2D eigenvalue weighted by Crippen LogP contribution is 2.25. The zero-order valence-corrected chi connectivity index (χ0v) is 17.0. The molecule has 27 heavy (non-hydrogen) atoms. The van der Waals surface area contributed by atoms with Crippen molar-refractivity contribution in [3.8, 4) is 5.75 Å². The first-order valence-corrected chi connectivity index (χ1v) is 9.69. The Labute approximate surface area is 166 Å². The van der Waals surface area contributed by atoms with Gasteiger partial charge in [0.2, 0.25) is 0 Å². The van der Waals surface area contributed by atoms with Crippen molar-refractivity contribution in [2.45, 2.75) is 46.5 Å². The molecule has 0 aliphatic heterocycles. The van der Waals surface area contributed by atoms with Gasteiger partial charge < -0.3 is 4.74 Å². The Hall–Kier alpha value is -2.33. The summed E-state index contributed by atoms with van der Waals surface area (Å²) < 4.78 is 5.58. The van der Waals surface area contributed by atoms with Crippen LogP contribution in [0.15, 0.2) is 47.6 Å². The topological polar surface area (TPSA) is 50.7 Å². The number of halogens is 1. The van der Waals surface area contributed by atoms with Gasteiger partial charge in [0.25, 0.3) is 5.91 Å². The Morgan fingerprint density at radius 1 is 1.11 bits per heavy atom. The maximum absolute atomic E-state index is 12.1. The third-order valence-electron chi connectivity index (χ3n) is 4.22. The predicted molar refractivity (Wildman–Crippen MR) is 112 cm³/mol. The third kappa shape index (κ3) is 6.72. The van der Waals surface area contributed by atoms with Crippen LogP contribution < -0.4 is 10.2 Å². The van der Waals surface area contributed by atoms with Crippen LogP contribution in [0.1, 0.15) is 49.3 Å². The second kappa shape index (κ2) is 10.7. The van der Waals surface area contributed by atoms with Gasteiger partial charge in [-0.2, -0.15) is 5.10 Å². The quantitative estimate of drug-likeness (QED) is 0.354. The summed E-state index contributed by atoms with van der Waals surface area (Å²) in [4.78, 5) is 12.1. The summed E-state index contributed by atoms with van der Waals surface area (Å²) in [5, 5.41) is 5.06. The first kappa shape index (κ1) is 21.0. The van der Waals surface area contributed by atoms with Crippen molar-refractivity contribution in [1.29, 1.82) is 0 Å². The average molecular weight is 387 g/mol. The molecule has 0 unspecified atom stereocenters. The summed E-state index contributed by atoms with van der Waals surface area (Å²) in [6.45, 7) is 5.89. The number of nitrogens with zero attached hydrogens (tertiary/aromatic N) is 1. The van der Waals surface area contributed by atoms with E-state index in [1.165, 1.54) is 0 Å².